The van der Waals surface area contributed by atoms with Gasteiger partial charge < -0.3 is 18.6 Å². The topological polar surface area (TPSA) is 77.8 Å². The predicted molar refractivity (Wildman–Crippen MR) is 201 cm³/mol. The summed E-state index contributed by atoms with van der Waals surface area (Å²) in [7, 11) is -4.94. The third-order valence-electron chi connectivity index (χ3n) is 9.40. The zero-order chi connectivity index (χ0) is 35.3. The highest BCUT2D eigenvalue weighted by atomic mass is 31.1. The van der Waals surface area contributed by atoms with Crippen LogP contribution in [-0.2, 0) is 24.7 Å². The standard InChI is InChI=1S/C40H47FNO5PSi/c1-28(2)42-34-21-14-13-20-33(34)37(29-24-26-30(41)27-25-29)35(42)22-15-23-36(38(39(43)44)48(45)46-6)47-49(40(3,4)5,31-16-9-7-10-17-31)32-18-11-8-12-19-32/h7-14,16-21,24-28,36,38,48H,15,22-23H2,1-6H3,(H,43,44). The fourth-order valence-corrected chi connectivity index (χ4v) is 13.2. The number of hydrogen-bond acceptors (Lipinski definition) is 4. The number of benzene rings is 4. The van der Waals surface area contributed by atoms with E-state index in [2.05, 4.69) is 75.6 Å². The Morgan fingerprint density at radius 1 is 0.878 bits per heavy atom. The van der Waals surface area contributed by atoms with Crippen LogP contribution in [0.15, 0.2) is 109 Å². The van der Waals surface area contributed by atoms with Crippen LogP contribution >= 0.6 is 8.03 Å². The molecule has 1 N–H and O–H groups in total. The smallest absolute Gasteiger partial charge is 0.318 e. The molecule has 0 spiro atoms. The second-order valence-electron chi connectivity index (χ2n) is 13.9. The van der Waals surface area contributed by atoms with Crippen LogP contribution in [0.5, 0.6) is 0 Å². The number of hydrogen-bond donors (Lipinski definition) is 1. The molecule has 4 aromatic carbocycles. The van der Waals surface area contributed by atoms with E-state index in [1.54, 1.807) is 0 Å². The van der Waals surface area contributed by atoms with Gasteiger partial charge in [0.25, 0.3) is 8.32 Å². The lowest BCUT2D eigenvalue weighted by atomic mass is 9.98. The van der Waals surface area contributed by atoms with Crippen LogP contribution < -0.4 is 10.4 Å². The second kappa shape index (κ2) is 15.4. The van der Waals surface area contributed by atoms with E-state index in [1.807, 2.05) is 60.7 Å². The summed E-state index contributed by atoms with van der Waals surface area (Å²) in [5.74, 6) is -1.49. The molecule has 0 aliphatic carbocycles. The number of halogens is 1. The predicted octanol–water partition coefficient (Wildman–Crippen LogP) is 8.87. The zero-order valence-corrected chi connectivity index (χ0v) is 31.2. The molecule has 1 aromatic heterocycles. The SMILES string of the molecule is CO[PH](=O)C(C(=O)O)C(CCCc1c(-c2ccc(F)cc2)c2ccccc2n1C(C)C)O[Si](c1ccccc1)(c1ccccc1)C(C)(C)C. The molecule has 3 unspecified atom stereocenters. The molecule has 0 amide bonds. The van der Waals surface area contributed by atoms with Crippen LogP contribution in [0.3, 0.4) is 0 Å². The van der Waals surface area contributed by atoms with E-state index in [0.717, 1.165) is 38.1 Å². The number of para-hydroxylation sites is 1. The fourth-order valence-electron chi connectivity index (χ4n) is 7.31. The van der Waals surface area contributed by atoms with E-state index in [9.17, 15) is 18.9 Å². The molecule has 9 heteroatoms. The molecule has 258 valence electrons. The Balaban J connectivity index is 1.62. The van der Waals surface area contributed by atoms with Gasteiger partial charge in [0.1, 0.15) is 5.82 Å². The minimum atomic E-state index is -3.22. The Kier molecular flexibility index (Phi) is 11.5. The molecular formula is C40H47FNO5PSi. The van der Waals surface area contributed by atoms with Crippen molar-refractivity contribution in [1.82, 2.24) is 4.57 Å². The van der Waals surface area contributed by atoms with E-state index in [0.29, 0.717) is 19.3 Å². The number of carboxylic acid groups (broad SMARTS) is 1. The average Bonchev–Trinajstić information content (AvgIpc) is 3.41. The lowest BCUT2D eigenvalue weighted by Crippen LogP contribution is -2.68. The minimum Gasteiger partial charge on any atom is -0.481 e. The van der Waals surface area contributed by atoms with Gasteiger partial charge in [0.05, 0.1) is 6.10 Å². The normalized spacial score (nSPS) is 14.2. The molecule has 0 saturated carbocycles. The number of nitrogens with zero attached hydrogens (tertiary/aromatic N) is 1. The van der Waals surface area contributed by atoms with Gasteiger partial charge >= 0.3 is 5.97 Å². The Bertz CT molecular complexity index is 1850. The molecule has 6 nitrogen and oxygen atoms in total. The van der Waals surface area contributed by atoms with Gasteiger partial charge in [0.15, 0.2) is 5.66 Å². The van der Waals surface area contributed by atoms with E-state index in [4.69, 9.17) is 8.95 Å². The van der Waals surface area contributed by atoms with Crippen LogP contribution in [0.4, 0.5) is 4.39 Å². The third-order valence-corrected chi connectivity index (χ3v) is 16.0. The summed E-state index contributed by atoms with van der Waals surface area (Å²) >= 11 is 0. The van der Waals surface area contributed by atoms with Crippen molar-refractivity contribution in [2.24, 2.45) is 0 Å². The van der Waals surface area contributed by atoms with Crippen LogP contribution in [0, 0.1) is 5.82 Å². The molecular weight excluding hydrogens is 652 g/mol. The zero-order valence-electron chi connectivity index (χ0n) is 29.2. The molecule has 0 fully saturated rings. The van der Waals surface area contributed by atoms with Gasteiger partial charge in [-0.3, -0.25) is 9.36 Å². The molecule has 0 saturated heterocycles. The summed E-state index contributed by atoms with van der Waals surface area (Å²) in [5.41, 5.74) is 2.77. The molecule has 0 bridgehead atoms. The van der Waals surface area contributed by atoms with E-state index >= 15 is 0 Å². The first-order valence-corrected chi connectivity index (χ1v) is 20.2. The number of carboxylic acids is 1. The molecule has 3 atom stereocenters. The van der Waals surface area contributed by atoms with Gasteiger partial charge in [-0.25, -0.2) is 4.39 Å². The fraction of sp³-hybridized carbons (Fsp3) is 0.325. The maximum atomic E-state index is 14.0. The van der Waals surface area contributed by atoms with Gasteiger partial charge in [0.2, 0.25) is 8.03 Å². The lowest BCUT2D eigenvalue weighted by Gasteiger charge is -2.46. The van der Waals surface area contributed by atoms with Crippen molar-refractivity contribution in [3.63, 3.8) is 0 Å². The van der Waals surface area contributed by atoms with Gasteiger partial charge in [0, 0.05) is 35.3 Å². The van der Waals surface area contributed by atoms with Gasteiger partial charge in [-0.15, -0.1) is 0 Å². The number of aromatic nitrogens is 1. The highest BCUT2D eigenvalue weighted by molar-refractivity contribution is 7.41. The van der Waals surface area contributed by atoms with Crippen molar-refractivity contribution >= 4 is 43.6 Å². The maximum Gasteiger partial charge on any atom is 0.318 e. The third kappa shape index (κ3) is 7.39. The minimum absolute atomic E-state index is 0.134. The maximum absolute atomic E-state index is 14.0. The highest BCUT2D eigenvalue weighted by Crippen LogP contribution is 2.43. The number of fused-ring (bicyclic) bond motifs is 1. The summed E-state index contributed by atoms with van der Waals surface area (Å²) in [4.78, 5) is 13.0. The number of carbonyl (C=O) groups is 1. The monoisotopic (exact) mass is 699 g/mol. The summed E-state index contributed by atoms with van der Waals surface area (Å²) in [5, 5.41) is 13.3. The quantitative estimate of drug-likeness (QED) is 0.0926. The van der Waals surface area contributed by atoms with Gasteiger partial charge in [-0.2, -0.15) is 0 Å². The summed E-state index contributed by atoms with van der Waals surface area (Å²) in [6, 6.07) is 35.1. The van der Waals surface area contributed by atoms with Crippen molar-refractivity contribution in [3.8, 4) is 11.1 Å². The van der Waals surface area contributed by atoms with Crippen LogP contribution in [-0.4, -0.2) is 42.8 Å². The molecule has 0 radical (unpaired) electrons. The van der Waals surface area contributed by atoms with Crippen molar-refractivity contribution in [2.45, 2.75) is 76.7 Å². The first-order chi connectivity index (χ1) is 23.4. The van der Waals surface area contributed by atoms with Crippen LogP contribution in [0.25, 0.3) is 22.0 Å². The first kappa shape index (κ1) is 36.5. The van der Waals surface area contributed by atoms with E-state index in [-0.39, 0.29) is 11.9 Å². The molecule has 1 heterocycles. The average molecular weight is 700 g/mol. The Morgan fingerprint density at radius 3 is 1.94 bits per heavy atom. The molecule has 5 rings (SSSR count). The van der Waals surface area contributed by atoms with Gasteiger partial charge in [-0.05, 0) is 72.3 Å². The first-order valence-electron chi connectivity index (χ1n) is 16.9. The van der Waals surface area contributed by atoms with Crippen molar-refractivity contribution < 1.29 is 27.8 Å². The number of rotatable bonds is 14. The molecule has 0 aliphatic heterocycles. The summed E-state index contributed by atoms with van der Waals surface area (Å²) in [6.07, 6.45) is 0.591. The second-order valence-corrected chi connectivity index (χ2v) is 19.8. The Hall–Kier alpha value is -3.81. The van der Waals surface area contributed by atoms with Crippen molar-refractivity contribution in [2.75, 3.05) is 7.11 Å². The van der Waals surface area contributed by atoms with E-state index < -0.39 is 39.1 Å². The van der Waals surface area contributed by atoms with Crippen LogP contribution in [0.2, 0.25) is 5.04 Å². The largest absolute Gasteiger partial charge is 0.481 e. The lowest BCUT2D eigenvalue weighted by molar-refractivity contribution is -0.138. The Labute approximate surface area is 290 Å². The Morgan fingerprint density at radius 2 is 1.43 bits per heavy atom. The van der Waals surface area contributed by atoms with Gasteiger partial charge in [-0.1, -0.05) is 112 Å². The van der Waals surface area contributed by atoms with Crippen molar-refractivity contribution in [3.05, 3.63) is 121 Å². The number of aliphatic carboxylic acids is 1. The molecule has 0 aliphatic rings. The molecule has 49 heavy (non-hydrogen) atoms. The van der Waals surface area contributed by atoms with Crippen molar-refractivity contribution in [1.29, 1.82) is 0 Å². The molecule has 5 aromatic rings. The van der Waals surface area contributed by atoms with E-state index in [1.165, 1.54) is 19.2 Å². The summed E-state index contributed by atoms with van der Waals surface area (Å²) < 4.78 is 42.5. The summed E-state index contributed by atoms with van der Waals surface area (Å²) in [6.45, 7) is 10.7. The highest BCUT2D eigenvalue weighted by Gasteiger charge is 2.53. The van der Waals surface area contributed by atoms with Crippen LogP contribution in [0.1, 0.15) is 59.2 Å².